The van der Waals surface area contributed by atoms with Crippen molar-refractivity contribution in [2.24, 2.45) is 0 Å². The molecular weight excluding hydrogens is 536 g/mol. The third-order valence-corrected chi connectivity index (χ3v) is 8.18. The second-order valence-corrected chi connectivity index (χ2v) is 12.0. The minimum absolute atomic E-state index is 0.00848. The van der Waals surface area contributed by atoms with Crippen molar-refractivity contribution in [3.05, 3.63) is 102 Å². The van der Waals surface area contributed by atoms with E-state index < -0.39 is 40.2 Å². The molecule has 0 bridgehead atoms. The summed E-state index contributed by atoms with van der Waals surface area (Å²) in [6, 6.07) is 20.1. The quantitative estimate of drug-likeness (QED) is 0.370. The number of anilines is 1. The van der Waals surface area contributed by atoms with Gasteiger partial charge >= 0.3 is 0 Å². The highest BCUT2D eigenvalue weighted by atomic mass is 32.2. The number of sulfonamides is 1. The lowest BCUT2D eigenvalue weighted by Gasteiger charge is -2.34. The Bertz CT molecular complexity index is 1420. The van der Waals surface area contributed by atoms with Gasteiger partial charge in [0.1, 0.15) is 12.6 Å². The normalized spacial score (nSPS) is 14.5. The summed E-state index contributed by atoms with van der Waals surface area (Å²) in [6.07, 6.45) is 4.83. The summed E-state index contributed by atoms with van der Waals surface area (Å²) >= 11 is 0. The van der Waals surface area contributed by atoms with Crippen LogP contribution in [0.15, 0.2) is 78.9 Å². The Labute approximate surface area is 233 Å². The molecule has 0 aromatic heterocycles. The molecule has 1 N–H and O–H groups in total. The lowest BCUT2D eigenvalue weighted by molar-refractivity contribution is -0.140. The van der Waals surface area contributed by atoms with Crippen LogP contribution in [0.25, 0.3) is 0 Å². The van der Waals surface area contributed by atoms with Crippen LogP contribution < -0.4 is 9.62 Å². The van der Waals surface area contributed by atoms with Crippen molar-refractivity contribution in [1.29, 1.82) is 0 Å². The van der Waals surface area contributed by atoms with Crippen LogP contribution in [0.2, 0.25) is 0 Å². The van der Waals surface area contributed by atoms with Gasteiger partial charge in [0.2, 0.25) is 21.8 Å². The van der Waals surface area contributed by atoms with E-state index in [9.17, 15) is 26.8 Å². The predicted molar refractivity (Wildman–Crippen MR) is 150 cm³/mol. The molecule has 10 heteroatoms. The van der Waals surface area contributed by atoms with Crippen molar-refractivity contribution in [2.45, 2.75) is 50.7 Å². The fourth-order valence-corrected chi connectivity index (χ4v) is 5.80. The van der Waals surface area contributed by atoms with E-state index >= 15 is 0 Å². The molecule has 0 heterocycles. The van der Waals surface area contributed by atoms with Crippen molar-refractivity contribution >= 4 is 27.5 Å². The van der Waals surface area contributed by atoms with Gasteiger partial charge < -0.3 is 10.2 Å². The van der Waals surface area contributed by atoms with E-state index in [0.717, 1.165) is 65.6 Å². The molecule has 0 unspecified atom stereocenters. The van der Waals surface area contributed by atoms with Crippen LogP contribution in [0, 0.1) is 11.6 Å². The number of benzene rings is 3. The highest BCUT2D eigenvalue weighted by Gasteiger charge is 2.34. The molecule has 40 heavy (non-hydrogen) atoms. The van der Waals surface area contributed by atoms with E-state index in [2.05, 4.69) is 5.32 Å². The van der Waals surface area contributed by atoms with E-state index in [1.807, 2.05) is 60.7 Å². The smallest absolute Gasteiger partial charge is 0.244 e. The van der Waals surface area contributed by atoms with E-state index in [0.29, 0.717) is 0 Å². The Morgan fingerprint density at radius 3 is 2.08 bits per heavy atom. The topological polar surface area (TPSA) is 86.8 Å². The van der Waals surface area contributed by atoms with Crippen molar-refractivity contribution < 1.29 is 26.8 Å². The highest BCUT2D eigenvalue weighted by Crippen LogP contribution is 2.23. The van der Waals surface area contributed by atoms with E-state index in [4.69, 9.17) is 0 Å². The molecule has 1 aliphatic carbocycles. The van der Waals surface area contributed by atoms with Crippen LogP contribution in [0.5, 0.6) is 0 Å². The van der Waals surface area contributed by atoms with Gasteiger partial charge in [0, 0.05) is 25.1 Å². The van der Waals surface area contributed by atoms with Gasteiger partial charge in [-0.1, -0.05) is 73.5 Å². The monoisotopic (exact) mass is 569 g/mol. The Hall–Kier alpha value is -3.79. The van der Waals surface area contributed by atoms with E-state index in [1.165, 1.54) is 4.90 Å². The number of halogens is 2. The van der Waals surface area contributed by atoms with Crippen LogP contribution in [0.4, 0.5) is 14.5 Å². The van der Waals surface area contributed by atoms with Crippen LogP contribution in [-0.4, -0.2) is 50.0 Å². The molecule has 1 fully saturated rings. The summed E-state index contributed by atoms with van der Waals surface area (Å²) in [5.74, 6) is -3.35. The van der Waals surface area contributed by atoms with E-state index in [-0.39, 0.29) is 30.6 Å². The number of nitrogens with zero attached hydrogens (tertiary/aromatic N) is 2. The number of carbonyl (C=O) groups excluding carboxylic acids is 2. The molecule has 2 amide bonds. The summed E-state index contributed by atoms with van der Waals surface area (Å²) in [5.41, 5.74) is 1.39. The lowest BCUT2D eigenvalue weighted by atomic mass is 10.0. The predicted octanol–water partition coefficient (Wildman–Crippen LogP) is 4.43. The zero-order valence-electron chi connectivity index (χ0n) is 22.3. The molecule has 1 atom stereocenters. The van der Waals surface area contributed by atoms with Crippen molar-refractivity contribution in [1.82, 2.24) is 10.2 Å². The van der Waals surface area contributed by atoms with Crippen LogP contribution in [-0.2, 0) is 32.6 Å². The maximum Gasteiger partial charge on any atom is 0.244 e. The molecule has 0 spiro atoms. The molecular formula is C30H33F2N3O4S. The van der Waals surface area contributed by atoms with Crippen molar-refractivity contribution in [3.8, 4) is 0 Å². The molecule has 7 nitrogen and oxygen atoms in total. The van der Waals surface area contributed by atoms with Gasteiger partial charge in [0.25, 0.3) is 0 Å². The number of rotatable bonds is 11. The molecule has 4 rings (SSSR count). The maximum absolute atomic E-state index is 14.0. The molecule has 3 aromatic carbocycles. The Balaban J connectivity index is 1.71. The molecule has 0 saturated heterocycles. The summed E-state index contributed by atoms with van der Waals surface area (Å²) in [7, 11) is -4.08. The first kappa shape index (κ1) is 29.2. The fourth-order valence-electron chi connectivity index (χ4n) is 4.96. The summed E-state index contributed by atoms with van der Waals surface area (Å²) in [5, 5.41) is 3.09. The van der Waals surface area contributed by atoms with Gasteiger partial charge in [-0.3, -0.25) is 13.9 Å². The minimum Gasteiger partial charge on any atom is -0.352 e. The number of hydrogen-bond donors (Lipinski definition) is 1. The molecule has 0 radical (unpaired) electrons. The van der Waals surface area contributed by atoms with Gasteiger partial charge in [0.15, 0.2) is 11.6 Å². The van der Waals surface area contributed by atoms with Crippen LogP contribution in [0.3, 0.4) is 0 Å². The van der Waals surface area contributed by atoms with Gasteiger partial charge in [-0.05, 0) is 36.1 Å². The second kappa shape index (κ2) is 13.0. The van der Waals surface area contributed by atoms with Crippen LogP contribution in [0.1, 0.15) is 36.8 Å². The molecule has 3 aromatic rings. The van der Waals surface area contributed by atoms with E-state index in [1.54, 1.807) is 0 Å². The average molecular weight is 570 g/mol. The van der Waals surface area contributed by atoms with Gasteiger partial charge in [-0.2, -0.15) is 0 Å². The van der Waals surface area contributed by atoms with Gasteiger partial charge in [0.05, 0.1) is 11.9 Å². The standard InChI is InChI=1S/C30H33F2N3O4S/c1-40(38,39)35(25-16-17-26(31)27(32)19-25)21-29(36)34(20-23-12-6-3-7-13-23)28(18-22-10-4-2-5-11-22)30(37)33-24-14-8-9-15-24/h2-7,10-13,16-17,19,24,28H,8-9,14-15,18,20-21H2,1H3,(H,33,37)/t28-/m0/s1. The van der Waals surface area contributed by atoms with Gasteiger partial charge in [-0.25, -0.2) is 17.2 Å². The largest absolute Gasteiger partial charge is 0.352 e. The zero-order chi connectivity index (χ0) is 28.7. The first-order valence-electron chi connectivity index (χ1n) is 13.2. The van der Waals surface area contributed by atoms with Crippen molar-refractivity contribution in [2.75, 3.05) is 17.1 Å². The SMILES string of the molecule is CS(=O)(=O)N(CC(=O)N(Cc1ccccc1)[C@@H](Cc1ccccc1)C(=O)NC1CCCC1)c1ccc(F)c(F)c1. The third-order valence-electron chi connectivity index (χ3n) is 7.04. The molecule has 1 saturated carbocycles. The Morgan fingerprint density at radius 1 is 0.900 bits per heavy atom. The summed E-state index contributed by atoms with van der Waals surface area (Å²) in [4.78, 5) is 29.1. The van der Waals surface area contributed by atoms with Gasteiger partial charge in [-0.15, -0.1) is 0 Å². The number of nitrogens with one attached hydrogen (secondary N) is 1. The lowest BCUT2D eigenvalue weighted by Crippen LogP contribution is -2.54. The number of carbonyl (C=O) groups is 2. The Morgan fingerprint density at radius 2 is 1.50 bits per heavy atom. The molecule has 0 aliphatic heterocycles. The maximum atomic E-state index is 14.0. The summed E-state index contributed by atoms with van der Waals surface area (Å²) in [6.45, 7) is -0.649. The number of amides is 2. The summed E-state index contributed by atoms with van der Waals surface area (Å²) < 4.78 is 53.8. The first-order chi connectivity index (χ1) is 19.1. The highest BCUT2D eigenvalue weighted by molar-refractivity contribution is 7.92. The zero-order valence-corrected chi connectivity index (χ0v) is 23.1. The minimum atomic E-state index is -4.08. The molecule has 212 valence electrons. The average Bonchev–Trinajstić information content (AvgIpc) is 3.44. The number of hydrogen-bond acceptors (Lipinski definition) is 4. The van der Waals surface area contributed by atoms with Crippen LogP contribution >= 0.6 is 0 Å². The second-order valence-electron chi connectivity index (χ2n) is 10.1. The third kappa shape index (κ3) is 7.65. The molecule has 1 aliphatic rings. The first-order valence-corrected chi connectivity index (χ1v) is 15.1. The fraction of sp³-hybridized carbons (Fsp3) is 0.333. The Kier molecular flexibility index (Phi) is 9.52. The van der Waals surface area contributed by atoms with Crippen molar-refractivity contribution in [3.63, 3.8) is 0 Å².